The highest BCUT2D eigenvalue weighted by Crippen LogP contribution is 2.23. The topological polar surface area (TPSA) is 17.8 Å². The maximum absolute atomic E-state index is 4.94. The van der Waals surface area contributed by atoms with Crippen LogP contribution >= 0.6 is 0 Å². The average Bonchev–Trinajstić information content (AvgIpc) is 3.46. The van der Waals surface area contributed by atoms with Crippen LogP contribution in [0.1, 0.15) is 28.1 Å². The van der Waals surface area contributed by atoms with Crippen molar-refractivity contribution in [1.29, 1.82) is 0 Å². The van der Waals surface area contributed by atoms with Crippen molar-refractivity contribution in [3.63, 3.8) is 0 Å². The van der Waals surface area contributed by atoms with Gasteiger partial charge in [-0.3, -0.25) is 4.98 Å². The van der Waals surface area contributed by atoms with Gasteiger partial charge in [0.2, 0.25) is 7.28 Å². The molecule has 1 aromatic heterocycles. The van der Waals surface area contributed by atoms with Crippen molar-refractivity contribution in [2.45, 2.75) is 25.8 Å². The SMILES string of the molecule is Cc1cccc([Si](Cn2ccnc2[B]C(c2ccccc2)c2ccccc2)(c2ccccc2)c2cccc(C)c2)c1. The van der Waals surface area contributed by atoms with Gasteiger partial charge in [0, 0.05) is 18.6 Å². The molecule has 0 aliphatic heterocycles. The van der Waals surface area contributed by atoms with E-state index in [4.69, 9.17) is 4.98 Å². The largest absolute Gasteiger partial charge is 0.345 e. The van der Waals surface area contributed by atoms with Crippen LogP contribution in [0.2, 0.25) is 0 Å². The Balaban J connectivity index is 1.50. The molecule has 5 aromatic carbocycles. The van der Waals surface area contributed by atoms with Gasteiger partial charge in [0.25, 0.3) is 0 Å². The van der Waals surface area contributed by atoms with Crippen molar-refractivity contribution >= 4 is 36.6 Å². The summed E-state index contributed by atoms with van der Waals surface area (Å²) in [6.45, 7) is 4.40. The number of imidazole rings is 1. The van der Waals surface area contributed by atoms with Gasteiger partial charge in [0.1, 0.15) is 0 Å². The Morgan fingerprint density at radius 1 is 0.610 bits per heavy atom. The number of aromatic nitrogens is 2. The van der Waals surface area contributed by atoms with Gasteiger partial charge in [-0.05, 0) is 46.4 Å². The van der Waals surface area contributed by atoms with E-state index < -0.39 is 8.07 Å². The standard InChI is InChI=1S/C37H34BN2Si/c1-29-14-12-22-34(26-29)41(33-20-10-5-11-21-33,35-23-13-15-30(2)27-35)28-40-25-24-39-37(40)38-36(31-16-6-3-7-17-31)32-18-8-4-9-19-32/h3-27,36H,28H2,1-2H3. The van der Waals surface area contributed by atoms with Gasteiger partial charge in [-0.15, -0.1) is 0 Å². The number of hydrogen-bond acceptors (Lipinski definition) is 1. The fourth-order valence-electron chi connectivity index (χ4n) is 6.04. The molecular formula is C37H34BN2Si. The second kappa shape index (κ2) is 12.0. The number of benzene rings is 5. The highest BCUT2D eigenvalue weighted by Gasteiger charge is 2.40. The summed E-state index contributed by atoms with van der Waals surface area (Å²) < 4.78 is 2.39. The van der Waals surface area contributed by atoms with Crippen LogP contribution < -0.4 is 21.3 Å². The third kappa shape index (κ3) is 5.61. The first-order valence-electron chi connectivity index (χ1n) is 14.3. The first-order chi connectivity index (χ1) is 20.1. The van der Waals surface area contributed by atoms with Crippen LogP contribution in [-0.2, 0) is 6.17 Å². The quantitative estimate of drug-likeness (QED) is 0.178. The van der Waals surface area contributed by atoms with E-state index in [1.165, 1.54) is 37.8 Å². The minimum Gasteiger partial charge on any atom is -0.345 e. The van der Waals surface area contributed by atoms with Crippen LogP contribution in [0.15, 0.2) is 152 Å². The van der Waals surface area contributed by atoms with Gasteiger partial charge in [0.15, 0.2) is 8.07 Å². The average molecular weight is 546 g/mol. The van der Waals surface area contributed by atoms with Crippen LogP contribution in [0.5, 0.6) is 0 Å². The van der Waals surface area contributed by atoms with E-state index in [1.807, 2.05) is 6.20 Å². The van der Waals surface area contributed by atoms with Gasteiger partial charge in [0.05, 0.1) is 5.72 Å². The van der Waals surface area contributed by atoms with Gasteiger partial charge in [-0.2, -0.15) is 0 Å². The summed E-state index contributed by atoms with van der Waals surface area (Å²) in [4.78, 5) is 4.94. The molecule has 41 heavy (non-hydrogen) atoms. The van der Waals surface area contributed by atoms with Crippen molar-refractivity contribution in [3.05, 3.63) is 174 Å². The second-order valence-electron chi connectivity index (χ2n) is 10.9. The molecule has 1 heterocycles. The Labute approximate surface area is 245 Å². The molecule has 2 nitrogen and oxygen atoms in total. The highest BCUT2D eigenvalue weighted by molar-refractivity contribution is 7.10. The smallest absolute Gasteiger partial charge is 0.215 e. The fourth-order valence-corrected chi connectivity index (χ4v) is 10.8. The Bertz CT molecular complexity index is 1630. The zero-order chi connectivity index (χ0) is 28.1. The van der Waals surface area contributed by atoms with E-state index in [1.54, 1.807) is 0 Å². The van der Waals surface area contributed by atoms with Crippen LogP contribution in [0.4, 0.5) is 0 Å². The zero-order valence-electron chi connectivity index (χ0n) is 23.7. The van der Waals surface area contributed by atoms with E-state index >= 15 is 0 Å². The fraction of sp³-hybridized carbons (Fsp3) is 0.108. The summed E-state index contributed by atoms with van der Waals surface area (Å²) in [5.74, 6) is 0.101. The lowest BCUT2D eigenvalue weighted by atomic mass is 9.58. The maximum atomic E-state index is 4.94. The Hall–Kier alpha value is -4.41. The Morgan fingerprint density at radius 2 is 1.10 bits per heavy atom. The molecule has 1 radical (unpaired) electrons. The monoisotopic (exact) mass is 545 g/mol. The van der Waals surface area contributed by atoms with Crippen molar-refractivity contribution in [2.75, 3.05) is 0 Å². The number of hydrogen-bond donors (Lipinski definition) is 0. The molecule has 0 aliphatic carbocycles. The van der Waals surface area contributed by atoms with E-state index in [-0.39, 0.29) is 5.82 Å². The summed E-state index contributed by atoms with van der Waals surface area (Å²) >= 11 is 0. The molecule has 0 spiro atoms. The summed E-state index contributed by atoms with van der Waals surface area (Å²) in [5, 5.41) is 4.23. The number of rotatable bonds is 9. The van der Waals surface area contributed by atoms with Crippen LogP contribution in [0, 0.1) is 13.8 Å². The van der Waals surface area contributed by atoms with Gasteiger partial charge in [-0.25, -0.2) is 0 Å². The molecule has 0 saturated carbocycles. The molecule has 4 heteroatoms. The van der Waals surface area contributed by atoms with Crippen molar-refractivity contribution < 1.29 is 0 Å². The molecule has 0 atom stereocenters. The molecule has 0 amide bonds. The van der Waals surface area contributed by atoms with Crippen LogP contribution in [0.25, 0.3) is 0 Å². The maximum Gasteiger partial charge on any atom is 0.215 e. The second-order valence-corrected chi connectivity index (χ2v) is 14.7. The normalized spacial score (nSPS) is 11.5. The molecule has 199 valence electrons. The zero-order valence-corrected chi connectivity index (χ0v) is 24.7. The molecule has 0 fully saturated rings. The number of aryl methyl sites for hydroxylation is 2. The molecule has 0 unspecified atom stereocenters. The molecule has 0 N–H and O–H groups in total. The first kappa shape index (κ1) is 26.8. The van der Waals surface area contributed by atoms with Crippen LogP contribution in [-0.4, -0.2) is 24.9 Å². The molecule has 0 bridgehead atoms. The highest BCUT2D eigenvalue weighted by atomic mass is 28.3. The van der Waals surface area contributed by atoms with E-state index in [0.29, 0.717) is 0 Å². The minimum absolute atomic E-state index is 0.101. The van der Waals surface area contributed by atoms with E-state index in [2.05, 4.69) is 171 Å². The number of nitrogens with zero attached hydrogens (tertiary/aromatic N) is 2. The van der Waals surface area contributed by atoms with Gasteiger partial charge >= 0.3 is 0 Å². The minimum atomic E-state index is -2.53. The predicted molar refractivity (Wildman–Crippen MR) is 176 cm³/mol. The molecular weight excluding hydrogens is 511 g/mol. The summed E-state index contributed by atoms with van der Waals surface area (Å²) in [6.07, 6.45) is 4.97. The summed E-state index contributed by atoms with van der Waals surface area (Å²) in [7, 11) is -0.195. The molecule has 0 aliphatic rings. The summed E-state index contributed by atoms with van der Waals surface area (Å²) in [6, 6.07) is 50.9. The molecule has 0 saturated heterocycles. The molecule has 6 aromatic rings. The first-order valence-corrected chi connectivity index (χ1v) is 16.5. The third-order valence-electron chi connectivity index (χ3n) is 8.08. The van der Waals surface area contributed by atoms with Crippen LogP contribution in [0.3, 0.4) is 0 Å². The van der Waals surface area contributed by atoms with Gasteiger partial charge < -0.3 is 4.57 Å². The lowest BCUT2D eigenvalue weighted by molar-refractivity contribution is 0.889. The van der Waals surface area contributed by atoms with E-state index in [9.17, 15) is 0 Å². The van der Waals surface area contributed by atoms with E-state index in [0.717, 1.165) is 11.9 Å². The van der Waals surface area contributed by atoms with Crippen molar-refractivity contribution in [3.8, 4) is 0 Å². The van der Waals surface area contributed by atoms with Crippen molar-refractivity contribution in [2.24, 2.45) is 0 Å². The van der Waals surface area contributed by atoms with Crippen molar-refractivity contribution in [1.82, 2.24) is 9.55 Å². The lowest BCUT2D eigenvalue weighted by Crippen LogP contribution is -2.70. The predicted octanol–water partition coefficient (Wildman–Crippen LogP) is 5.33. The third-order valence-corrected chi connectivity index (χ3v) is 12.8. The molecule has 6 rings (SSSR count). The van der Waals surface area contributed by atoms with Gasteiger partial charge in [-0.1, -0.05) is 151 Å². The summed E-state index contributed by atoms with van der Waals surface area (Å²) in [5.41, 5.74) is 6.09. The Morgan fingerprint density at radius 3 is 1.61 bits per heavy atom. The Kier molecular flexibility index (Phi) is 7.84. The lowest BCUT2D eigenvalue weighted by Gasteiger charge is -2.35.